The Labute approximate surface area is 287 Å². The Balaban J connectivity index is 1.17. The largest absolute Gasteiger partial charge is 0.483 e. The van der Waals surface area contributed by atoms with E-state index in [1.165, 1.54) is 40.9 Å². The number of carbonyl (C=O) groups is 4. The van der Waals surface area contributed by atoms with Gasteiger partial charge in [0.05, 0.1) is 21.8 Å². The zero-order chi connectivity index (χ0) is 34.1. The number of anilines is 1. The lowest BCUT2D eigenvalue weighted by atomic mass is 9.68. The number of H-pyrrole nitrogens is 1. The minimum absolute atomic E-state index is 0.0631. The number of rotatable bonds is 10. The molecule has 2 aliphatic carbocycles. The monoisotopic (exact) mass is 732 g/mol. The second kappa shape index (κ2) is 12.3. The summed E-state index contributed by atoms with van der Waals surface area (Å²) in [5.74, 6) is -3.55. The number of amides is 3. The van der Waals surface area contributed by atoms with Gasteiger partial charge in [0.1, 0.15) is 5.75 Å². The summed E-state index contributed by atoms with van der Waals surface area (Å²) in [5, 5.41) is 17.9. The number of nitrogens with two attached hydrogens (primary N) is 1. The van der Waals surface area contributed by atoms with Crippen molar-refractivity contribution in [1.82, 2.24) is 9.88 Å². The molecule has 4 aliphatic rings. The number of halogens is 1. The number of ether oxygens (including phenoxy) is 1. The van der Waals surface area contributed by atoms with Gasteiger partial charge in [-0.05, 0) is 73.1 Å². The molecule has 1 aromatic heterocycles. The Morgan fingerprint density at radius 2 is 1.79 bits per heavy atom. The van der Waals surface area contributed by atoms with Gasteiger partial charge in [-0.2, -0.15) is 0 Å². The molecule has 3 aromatic rings. The summed E-state index contributed by atoms with van der Waals surface area (Å²) in [6.07, 6.45) is 0.704. The molecule has 0 spiro atoms. The van der Waals surface area contributed by atoms with Gasteiger partial charge in [-0.15, -0.1) is 11.8 Å². The highest BCUT2D eigenvalue weighted by Gasteiger charge is 2.69. The molecule has 0 radical (unpaired) electrons. The molecular weight excluding hydrogens is 704 g/mol. The Hall–Kier alpha value is -3.70. The Bertz CT molecular complexity index is 2010. The molecule has 7 rings (SSSR count). The lowest BCUT2D eigenvalue weighted by Crippen LogP contribution is -2.42. The number of carboxylic acid groups (broad SMARTS) is 1. The summed E-state index contributed by atoms with van der Waals surface area (Å²) < 4.78 is 29.2. The number of nitrogens with zero attached hydrogens (tertiary/aromatic N) is 1. The molecule has 13 nitrogen and oxygen atoms in total. The molecule has 2 aromatic carbocycles. The smallest absolute Gasteiger partial charge is 0.305 e. The summed E-state index contributed by atoms with van der Waals surface area (Å²) in [6, 6.07) is 10.4. The Morgan fingerprint density at radius 1 is 1.08 bits per heavy atom. The first-order chi connectivity index (χ1) is 22.8. The number of hydrogen-bond donors (Lipinski definition) is 4. The minimum atomic E-state index is -3.89. The van der Waals surface area contributed by atoms with E-state index < -0.39 is 46.3 Å². The molecular formula is C31H29ClN4O9S3. The van der Waals surface area contributed by atoms with Crippen LogP contribution in [0.5, 0.6) is 5.75 Å². The molecule has 2 saturated carbocycles. The van der Waals surface area contributed by atoms with Gasteiger partial charge in [-0.3, -0.25) is 28.9 Å². The number of carbonyl (C=O) groups excluding carboxylic acids is 3. The van der Waals surface area contributed by atoms with Crippen LogP contribution in [0.1, 0.15) is 35.6 Å². The summed E-state index contributed by atoms with van der Waals surface area (Å²) in [5.41, 5.74) is 0.990. The Morgan fingerprint density at radius 3 is 2.48 bits per heavy atom. The third-order valence-electron chi connectivity index (χ3n) is 9.72. The van der Waals surface area contributed by atoms with Gasteiger partial charge in [0, 0.05) is 45.3 Å². The first-order valence-corrected chi connectivity index (χ1v) is 18.8. The molecule has 3 amide bonds. The van der Waals surface area contributed by atoms with Crippen LogP contribution >= 0.6 is 34.7 Å². The van der Waals surface area contributed by atoms with Gasteiger partial charge in [0.25, 0.3) is 5.91 Å². The van der Waals surface area contributed by atoms with Crippen LogP contribution in [0.2, 0.25) is 5.02 Å². The molecule has 2 aliphatic heterocycles. The molecule has 3 heterocycles. The number of thiazole rings is 1. The van der Waals surface area contributed by atoms with Crippen molar-refractivity contribution in [3.05, 3.63) is 67.6 Å². The first-order valence-electron chi connectivity index (χ1n) is 15.1. The van der Waals surface area contributed by atoms with E-state index in [1.54, 1.807) is 18.2 Å². The van der Waals surface area contributed by atoms with Crippen molar-refractivity contribution in [2.75, 3.05) is 18.5 Å². The molecule has 5 N–H and O–H groups in total. The number of imide groups is 1. The predicted octanol–water partition coefficient (Wildman–Crippen LogP) is 3.09. The van der Waals surface area contributed by atoms with Crippen LogP contribution in [0.3, 0.4) is 0 Å². The number of aliphatic carboxylic acids is 1. The quantitative estimate of drug-likeness (QED) is 0.224. The van der Waals surface area contributed by atoms with E-state index in [9.17, 15) is 32.4 Å². The molecule has 1 saturated heterocycles. The summed E-state index contributed by atoms with van der Waals surface area (Å²) in [6.45, 7) is -0.333. The van der Waals surface area contributed by atoms with Gasteiger partial charge in [-0.1, -0.05) is 22.9 Å². The van der Waals surface area contributed by atoms with Gasteiger partial charge in [0.15, 0.2) is 6.61 Å². The summed E-state index contributed by atoms with van der Waals surface area (Å²) >= 11 is 9.12. The third kappa shape index (κ3) is 5.72. The maximum Gasteiger partial charge on any atom is 0.305 e. The van der Waals surface area contributed by atoms with Gasteiger partial charge >= 0.3 is 10.8 Å². The van der Waals surface area contributed by atoms with E-state index in [2.05, 4.69) is 10.3 Å². The number of hydrogen-bond acceptors (Lipinski definition) is 10. The number of thioether (sulfide) groups is 1. The van der Waals surface area contributed by atoms with Crippen LogP contribution in [0.4, 0.5) is 5.69 Å². The molecule has 6 unspecified atom stereocenters. The van der Waals surface area contributed by atoms with Crippen LogP contribution < -0.4 is 20.1 Å². The van der Waals surface area contributed by atoms with Crippen LogP contribution in [-0.2, 0) is 29.2 Å². The highest BCUT2D eigenvalue weighted by atomic mass is 35.5. The number of carboxylic acids is 1. The van der Waals surface area contributed by atoms with Gasteiger partial charge < -0.3 is 20.1 Å². The molecule has 17 heteroatoms. The van der Waals surface area contributed by atoms with Crippen LogP contribution in [0.25, 0.3) is 0 Å². The van der Waals surface area contributed by atoms with Crippen LogP contribution in [0, 0.1) is 29.6 Å². The van der Waals surface area contributed by atoms with Crippen molar-refractivity contribution < 1.29 is 37.4 Å². The number of nitrogens with one attached hydrogen (secondary N) is 2. The fourth-order valence-corrected chi connectivity index (χ4v) is 11.6. The zero-order valence-corrected chi connectivity index (χ0v) is 28.2. The lowest BCUT2D eigenvalue weighted by molar-refractivity contribution is -0.142. The number of primary sulfonamides is 1. The highest BCUT2D eigenvalue weighted by molar-refractivity contribution is 8.00. The van der Waals surface area contributed by atoms with Crippen LogP contribution in [0.15, 0.2) is 57.2 Å². The minimum Gasteiger partial charge on any atom is -0.483 e. The number of benzene rings is 2. The van der Waals surface area contributed by atoms with Crippen molar-refractivity contribution in [2.24, 2.45) is 34.7 Å². The maximum atomic E-state index is 13.7. The standard InChI is InChI=1S/C31H29ClN4O9S3/c32-13-3-8-19(45-12-20(37)34-14-4-6-15(7-5-14)48(33,43)44)16(10-13)22-23-17-11-18(26(23)46-28-27(22)47-31(42)35-28)25-24(17)29(40)36(30(25)41)9-1-2-21(38)39/h3-8,10,17-18,22-26H,1-2,9,11-12H2,(H,34,37)(H,35,42)(H,38,39)(H2,33,43,44)/t17?,18?,22-,23?,24?,25?,26?/m1/s1. The fraction of sp³-hybridized carbons (Fsp3) is 0.387. The average molecular weight is 733 g/mol. The van der Waals surface area contributed by atoms with E-state index >= 15 is 0 Å². The zero-order valence-electron chi connectivity index (χ0n) is 25.0. The Kier molecular flexibility index (Phi) is 8.43. The average Bonchev–Trinajstić information content (AvgIpc) is 3.76. The number of sulfonamides is 1. The number of likely N-dealkylation sites (tertiary alicyclic amines) is 1. The van der Waals surface area contributed by atoms with Crippen molar-refractivity contribution in [3.63, 3.8) is 0 Å². The van der Waals surface area contributed by atoms with Gasteiger partial charge in [-0.25, -0.2) is 13.6 Å². The van der Waals surface area contributed by atoms with Crippen molar-refractivity contribution >= 4 is 74.1 Å². The maximum absolute atomic E-state index is 13.7. The van der Waals surface area contributed by atoms with E-state index in [0.717, 1.165) is 16.2 Å². The summed E-state index contributed by atoms with van der Waals surface area (Å²) in [7, 11) is -3.89. The molecule has 252 valence electrons. The fourth-order valence-electron chi connectivity index (χ4n) is 8.00. The SMILES string of the molecule is NS(=O)(=O)c1ccc(NC(=O)COc2ccc(Cl)cc2[C@H]2c3sc(=O)[nH]c3SC3C4CC(C5C(=O)N(CCCC(=O)O)C(=O)C45)C32)cc1. The van der Waals surface area contributed by atoms with Crippen LogP contribution in [-0.4, -0.2) is 65.5 Å². The first kappa shape index (κ1) is 32.8. The lowest BCUT2D eigenvalue weighted by Gasteiger charge is -2.43. The molecule has 2 bridgehead atoms. The van der Waals surface area contributed by atoms with E-state index in [-0.39, 0.29) is 64.0 Å². The van der Waals surface area contributed by atoms with Gasteiger partial charge in [0.2, 0.25) is 21.8 Å². The molecule has 48 heavy (non-hydrogen) atoms. The second-order valence-corrected chi connectivity index (χ2v) is 16.6. The second-order valence-electron chi connectivity index (χ2n) is 12.4. The third-order valence-corrected chi connectivity index (χ3v) is 13.5. The summed E-state index contributed by atoms with van der Waals surface area (Å²) in [4.78, 5) is 68.5. The van der Waals surface area contributed by atoms with Crippen molar-refractivity contribution in [3.8, 4) is 5.75 Å². The number of aromatic amines is 1. The number of fused-ring (bicyclic) bond motifs is 9. The molecule has 3 fully saturated rings. The number of aromatic nitrogens is 1. The topological polar surface area (TPSA) is 206 Å². The predicted molar refractivity (Wildman–Crippen MR) is 175 cm³/mol. The van der Waals surface area contributed by atoms with E-state index in [0.29, 0.717) is 33.5 Å². The van der Waals surface area contributed by atoms with E-state index in [4.69, 9.17) is 26.6 Å². The molecule has 7 atom stereocenters. The van der Waals surface area contributed by atoms with Crippen molar-refractivity contribution in [2.45, 2.75) is 40.4 Å². The van der Waals surface area contributed by atoms with Crippen molar-refractivity contribution in [1.29, 1.82) is 0 Å². The van der Waals surface area contributed by atoms with E-state index in [1.807, 2.05) is 0 Å². The normalized spacial score (nSPS) is 27.0. The highest BCUT2D eigenvalue weighted by Crippen LogP contribution is 2.69.